The lowest BCUT2D eigenvalue weighted by atomic mass is 9.95. The first-order valence-corrected chi connectivity index (χ1v) is 6.15. The lowest BCUT2D eigenvalue weighted by Gasteiger charge is -2.38. The molecular weight excluding hydrogens is 268 g/mol. The van der Waals surface area contributed by atoms with Gasteiger partial charge in [0.2, 0.25) is 11.7 Å². The summed E-state index contributed by atoms with van der Waals surface area (Å²) in [5.74, 6) is 2.75. The van der Waals surface area contributed by atoms with Crippen LogP contribution in [0.25, 0.3) is 0 Å². The largest absolute Gasteiger partial charge is 0.394 e. The van der Waals surface area contributed by atoms with Crippen molar-refractivity contribution in [3.63, 3.8) is 0 Å². The molecule has 0 radical (unpaired) electrons. The van der Waals surface area contributed by atoms with E-state index < -0.39 is 37.1 Å². The van der Waals surface area contributed by atoms with Gasteiger partial charge in [0.15, 0.2) is 0 Å². The molecule has 0 saturated carbocycles. The fourth-order valence-corrected chi connectivity index (χ4v) is 1.98. The Morgan fingerprint density at radius 3 is 2.60 bits per heavy atom. The molecule has 110 valence electrons. The van der Waals surface area contributed by atoms with E-state index in [0.717, 1.165) is 0 Å². The van der Waals surface area contributed by atoms with Crippen LogP contribution in [0.3, 0.4) is 0 Å². The summed E-state index contributed by atoms with van der Waals surface area (Å²) in [4.78, 5) is 4.02. The number of aromatic nitrogens is 2. The molecule has 1 aliphatic rings. The second-order valence-electron chi connectivity index (χ2n) is 4.50. The molecule has 1 aliphatic heterocycles. The van der Waals surface area contributed by atoms with E-state index in [1.54, 1.807) is 0 Å². The highest BCUT2D eigenvalue weighted by Gasteiger charge is 2.45. The van der Waals surface area contributed by atoms with Gasteiger partial charge >= 0.3 is 0 Å². The number of ether oxygens (including phenoxy) is 1. The Balaban J connectivity index is 2.14. The van der Waals surface area contributed by atoms with Crippen molar-refractivity contribution in [2.75, 3.05) is 6.61 Å². The second-order valence-corrected chi connectivity index (χ2v) is 4.50. The monoisotopic (exact) mass is 284 g/mol. The quantitative estimate of drug-likeness (QED) is 0.474. The zero-order chi connectivity index (χ0) is 14.7. The van der Waals surface area contributed by atoms with Gasteiger partial charge in [0.1, 0.15) is 30.5 Å². The summed E-state index contributed by atoms with van der Waals surface area (Å²) in [6, 6.07) is 0. The average Bonchev–Trinajstić information content (AvgIpc) is 2.91. The first-order valence-electron chi connectivity index (χ1n) is 6.15. The van der Waals surface area contributed by atoms with Crippen molar-refractivity contribution < 1.29 is 29.7 Å². The van der Waals surface area contributed by atoms with Crippen LogP contribution in [0.4, 0.5) is 0 Å². The fourth-order valence-electron chi connectivity index (χ4n) is 1.98. The number of rotatable bonds is 4. The van der Waals surface area contributed by atoms with Gasteiger partial charge in [-0.05, 0) is 0 Å². The highest BCUT2D eigenvalue weighted by Crippen LogP contribution is 2.30. The van der Waals surface area contributed by atoms with E-state index in [4.69, 9.17) is 20.8 Å². The lowest BCUT2D eigenvalue weighted by Crippen LogP contribution is -2.55. The topological polar surface area (TPSA) is 129 Å². The zero-order valence-electron chi connectivity index (χ0n) is 10.6. The molecule has 2 heterocycles. The molecule has 4 N–H and O–H groups in total. The second kappa shape index (κ2) is 6.30. The first kappa shape index (κ1) is 14.9. The van der Waals surface area contributed by atoms with Crippen molar-refractivity contribution in [3.05, 3.63) is 11.7 Å². The van der Waals surface area contributed by atoms with E-state index >= 15 is 0 Å². The Labute approximate surface area is 115 Å². The molecule has 0 bridgehead atoms. The lowest BCUT2D eigenvalue weighted by molar-refractivity contribution is -0.233. The molecule has 1 saturated heterocycles. The van der Waals surface area contributed by atoms with E-state index in [9.17, 15) is 15.3 Å². The number of aliphatic hydroxyl groups is 4. The van der Waals surface area contributed by atoms with Crippen LogP contribution in [0.5, 0.6) is 0 Å². The van der Waals surface area contributed by atoms with Crippen LogP contribution in [-0.4, -0.2) is 61.6 Å². The highest BCUT2D eigenvalue weighted by molar-refractivity contribution is 5.02. The maximum absolute atomic E-state index is 9.89. The maximum atomic E-state index is 9.89. The van der Waals surface area contributed by atoms with Gasteiger partial charge in [0, 0.05) is 12.8 Å². The summed E-state index contributed by atoms with van der Waals surface area (Å²) in [7, 11) is 0. The Morgan fingerprint density at radius 2 is 1.95 bits per heavy atom. The van der Waals surface area contributed by atoms with Crippen molar-refractivity contribution in [1.29, 1.82) is 0 Å². The standard InChI is InChI=1S/C12H16N2O6/c1-2-3-4-7-13-12(14-20-7)11-10(18)9(17)8(16)6(5-15)19-11/h1,6,8-11,15-18H,3-5H2/t6-,8-,9+,10-,11-/m1/s1. The predicted octanol–water partition coefficient (Wildman–Crippen LogP) is -1.85. The Hall–Kier alpha value is -1.50. The molecule has 5 atom stereocenters. The van der Waals surface area contributed by atoms with Gasteiger partial charge in [-0.25, -0.2) is 0 Å². The fraction of sp³-hybridized carbons (Fsp3) is 0.667. The molecule has 0 aromatic carbocycles. The van der Waals surface area contributed by atoms with Crippen LogP contribution in [0.2, 0.25) is 0 Å². The molecule has 8 heteroatoms. The predicted molar refractivity (Wildman–Crippen MR) is 64.2 cm³/mol. The molecule has 1 aromatic heterocycles. The van der Waals surface area contributed by atoms with Gasteiger partial charge in [0.25, 0.3) is 0 Å². The summed E-state index contributed by atoms with van der Waals surface area (Å²) >= 11 is 0. The number of aliphatic hydroxyl groups excluding tert-OH is 4. The molecule has 1 aromatic rings. The highest BCUT2D eigenvalue weighted by atomic mass is 16.5. The van der Waals surface area contributed by atoms with E-state index in [2.05, 4.69) is 16.1 Å². The first-order chi connectivity index (χ1) is 9.58. The van der Waals surface area contributed by atoms with Crippen molar-refractivity contribution in [2.45, 2.75) is 43.4 Å². The normalized spacial score (nSPS) is 33.9. The van der Waals surface area contributed by atoms with Crippen LogP contribution in [0, 0.1) is 12.3 Å². The summed E-state index contributed by atoms with van der Waals surface area (Å²) in [5, 5.41) is 42.0. The van der Waals surface area contributed by atoms with Crippen LogP contribution in [0.1, 0.15) is 24.2 Å². The third-order valence-electron chi connectivity index (χ3n) is 3.11. The van der Waals surface area contributed by atoms with Crippen molar-refractivity contribution >= 4 is 0 Å². The molecule has 0 spiro atoms. The van der Waals surface area contributed by atoms with E-state index in [0.29, 0.717) is 12.8 Å². The summed E-state index contributed by atoms with van der Waals surface area (Å²) in [5.41, 5.74) is 0. The van der Waals surface area contributed by atoms with Crippen LogP contribution < -0.4 is 0 Å². The van der Waals surface area contributed by atoms with Gasteiger partial charge in [-0.2, -0.15) is 4.98 Å². The van der Waals surface area contributed by atoms with E-state index in [1.165, 1.54) is 0 Å². The molecule has 0 aliphatic carbocycles. The Kier molecular flexibility index (Phi) is 4.69. The molecule has 8 nitrogen and oxygen atoms in total. The minimum absolute atomic E-state index is 0.0360. The molecule has 2 rings (SSSR count). The van der Waals surface area contributed by atoms with Gasteiger partial charge in [0.05, 0.1) is 6.61 Å². The Bertz CT molecular complexity index is 483. The Morgan fingerprint density at radius 1 is 1.20 bits per heavy atom. The van der Waals surface area contributed by atoms with Gasteiger partial charge in [-0.3, -0.25) is 0 Å². The van der Waals surface area contributed by atoms with Crippen LogP contribution in [0.15, 0.2) is 4.52 Å². The maximum Gasteiger partial charge on any atom is 0.227 e. The number of hydrogen-bond acceptors (Lipinski definition) is 8. The summed E-state index contributed by atoms with van der Waals surface area (Å²) in [6.45, 7) is -0.511. The third kappa shape index (κ3) is 2.82. The summed E-state index contributed by atoms with van der Waals surface area (Å²) < 4.78 is 10.2. The van der Waals surface area contributed by atoms with E-state index in [1.807, 2.05) is 0 Å². The molecule has 1 fully saturated rings. The number of nitrogens with zero attached hydrogens (tertiary/aromatic N) is 2. The molecular formula is C12H16N2O6. The van der Waals surface area contributed by atoms with Gasteiger partial charge in [-0.1, -0.05) is 5.16 Å². The van der Waals surface area contributed by atoms with Gasteiger partial charge < -0.3 is 29.7 Å². The number of terminal acetylenes is 1. The molecule has 0 unspecified atom stereocenters. The smallest absolute Gasteiger partial charge is 0.227 e. The average molecular weight is 284 g/mol. The van der Waals surface area contributed by atoms with Crippen molar-refractivity contribution in [2.24, 2.45) is 0 Å². The molecule has 20 heavy (non-hydrogen) atoms. The van der Waals surface area contributed by atoms with Crippen LogP contribution in [-0.2, 0) is 11.2 Å². The van der Waals surface area contributed by atoms with Crippen molar-refractivity contribution in [1.82, 2.24) is 10.1 Å². The molecule has 0 amide bonds. The minimum atomic E-state index is -1.47. The number of hydrogen-bond donors (Lipinski definition) is 4. The van der Waals surface area contributed by atoms with Gasteiger partial charge in [-0.15, -0.1) is 12.3 Å². The summed E-state index contributed by atoms with van der Waals surface area (Å²) in [6.07, 6.45) is -0.472. The van der Waals surface area contributed by atoms with E-state index in [-0.39, 0.29) is 11.7 Å². The van der Waals surface area contributed by atoms with Crippen LogP contribution >= 0.6 is 0 Å². The third-order valence-corrected chi connectivity index (χ3v) is 3.11. The number of aryl methyl sites for hydroxylation is 1. The SMILES string of the molecule is C#CCCc1nc([C@@H]2O[C@H](CO)[C@@H](O)[C@H](O)[C@H]2O)no1. The van der Waals surface area contributed by atoms with Crippen molar-refractivity contribution in [3.8, 4) is 12.3 Å². The minimum Gasteiger partial charge on any atom is -0.394 e. The zero-order valence-corrected chi connectivity index (χ0v) is 10.6.